The van der Waals surface area contributed by atoms with Crippen LogP contribution in [0.5, 0.6) is 0 Å². The van der Waals surface area contributed by atoms with Gasteiger partial charge in [0.15, 0.2) is 0 Å². The van der Waals surface area contributed by atoms with Gasteiger partial charge in [-0.3, -0.25) is 0 Å². The van der Waals surface area contributed by atoms with Crippen molar-refractivity contribution in [2.45, 2.75) is 26.7 Å². The van der Waals surface area contributed by atoms with Gasteiger partial charge in [-0.2, -0.15) is 0 Å². The Morgan fingerprint density at radius 3 is 2.47 bits per heavy atom. The highest BCUT2D eigenvalue weighted by Gasteiger charge is 2.15. The number of aryl methyl sites for hydroxylation is 1. The molecule has 0 radical (unpaired) electrons. The van der Waals surface area contributed by atoms with Crippen molar-refractivity contribution in [3.05, 3.63) is 17.6 Å². The standard InChI is InChI=1S/C14H25ClN4/c1-11(2)10-19(7-6-18(4)5)14-13(8-15)9-16-12(3)17-14/h9,11H,6-8,10H2,1-5H3. The third kappa shape index (κ3) is 5.33. The van der Waals surface area contributed by atoms with Crippen LogP contribution in [0.1, 0.15) is 25.2 Å². The number of rotatable bonds is 7. The Morgan fingerprint density at radius 1 is 1.26 bits per heavy atom. The zero-order valence-electron chi connectivity index (χ0n) is 12.6. The molecule has 0 spiro atoms. The topological polar surface area (TPSA) is 32.3 Å². The molecule has 0 atom stereocenters. The molecule has 19 heavy (non-hydrogen) atoms. The number of hydrogen-bond donors (Lipinski definition) is 0. The summed E-state index contributed by atoms with van der Waals surface area (Å²) in [5.41, 5.74) is 1.01. The van der Waals surface area contributed by atoms with Gasteiger partial charge in [-0.15, -0.1) is 11.6 Å². The molecule has 1 aromatic heterocycles. The summed E-state index contributed by atoms with van der Waals surface area (Å²) >= 11 is 6.01. The van der Waals surface area contributed by atoms with E-state index in [1.807, 2.05) is 13.1 Å². The molecule has 0 aliphatic heterocycles. The second-order valence-electron chi connectivity index (χ2n) is 5.54. The summed E-state index contributed by atoms with van der Waals surface area (Å²) in [5, 5.41) is 0. The smallest absolute Gasteiger partial charge is 0.136 e. The molecule has 1 rings (SSSR count). The molecule has 0 fully saturated rings. The fourth-order valence-corrected chi connectivity index (χ4v) is 2.08. The van der Waals surface area contributed by atoms with E-state index in [9.17, 15) is 0 Å². The van der Waals surface area contributed by atoms with Crippen molar-refractivity contribution in [2.24, 2.45) is 5.92 Å². The van der Waals surface area contributed by atoms with E-state index in [4.69, 9.17) is 11.6 Å². The van der Waals surface area contributed by atoms with Crippen molar-refractivity contribution in [1.29, 1.82) is 0 Å². The third-order valence-electron chi connectivity index (χ3n) is 2.81. The van der Waals surface area contributed by atoms with Crippen LogP contribution in [0, 0.1) is 12.8 Å². The van der Waals surface area contributed by atoms with Crippen LogP contribution in [0.2, 0.25) is 0 Å². The highest BCUT2D eigenvalue weighted by Crippen LogP contribution is 2.20. The van der Waals surface area contributed by atoms with Crippen LogP contribution in [-0.4, -0.2) is 48.6 Å². The fraction of sp³-hybridized carbons (Fsp3) is 0.714. The first-order valence-corrected chi connectivity index (χ1v) is 7.25. The lowest BCUT2D eigenvalue weighted by Crippen LogP contribution is -2.35. The monoisotopic (exact) mass is 284 g/mol. The number of aromatic nitrogens is 2. The highest BCUT2D eigenvalue weighted by molar-refractivity contribution is 6.17. The van der Waals surface area contributed by atoms with E-state index in [2.05, 4.69) is 47.7 Å². The van der Waals surface area contributed by atoms with Gasteiger partial charge < -0.3 is 9.80 Å². The predicted octanol–water partition coefficient (Wildman–Crippen LogP) is 2.55. The number of likely N-dealkylation sites (N-methyl/N-ethyl adjacent to an activating group) is 1. The van der Waals surface area contributed by atoms with E-state index in [-0.39, 0.29) is 0 Å². The summed E-state index contributed by atoms with van der Waals surface area (Å²) < 4.78 is 0. The average Bonchev–Trinajstić information content (AvgIpc) is 2.33. The summed E-state index contributed by atoms with van der Waals surface area (Å²) in [6, 6.07) is 0. The lowest BCUT2D eigenvalue weighted by atomic mass is 10.2. The molecule has 0 saturated heterocycles. The quantitative estimate of drug-likeness (QED) is 0.721. The summed E-state index contributed by atoms with van der Waals surface area (Å²) in [4.78, 5) is 13.3. The molecule has 0 unspecified atom stereocenters. The second kappa shape index (κ2) is 7.65. The number of halogens is 1. The van der Waals surface area contributed by atoms with Gasteiger partial charge in [0.2, 0.25) is 0 Å². The van der Waals surface area contributed by atoms with Crippen molar-refractivity contribution >= 4 is 17.4 Å². The first-order valence-electron chi connectivity index (χ1n) is 6.72. The Hall–Kier alpha value is -0.870. The second-order valence-corrected chi connectivity index (χ2v) is 5.81. The van der Waals surface area contributed by atoms with Crippen molar-refractivity contribution in [1.82, 2.24) is 14.9 Å². The van der Waals surface area contributed by atoms with Crippen LogP contribution in [0.3, 0.4) is 0 Å². The van der Waals surface area contributed by atoms with E-state index >= 15 is 0 Å². The Balaban J connectivity index is 2.97. The van der Waals surface area contributed by atoms with Crippen LogP contribution in [0.4, 0.5) is 5.82 Å². The number of hydrogen-bond acceptors (Lipinski definition) is 4. The maximum Gasteiger partial charge on any atom is 0.136 e. The Morgan fingerprint density at radius 2 is 1.95 bits per heavy atom. The van der Waals surface area contributed by atoms with Gasteiger partial charge in [0.25, 0.3) is 0 Å². The SMILES string of the molecule is Cc1ncc(CCl)c(N(CCN(C)C)CC(C)C)n1. The lowest BCUT2D eigenvalue weighted by Gasteiger charge is -2.28. The molecule has 0 bridgehead atoms. The minimum absolute atomic E-state index is 0.451. The van der Waals surface area contributed by atoms with E-state index < -0.39 is 0 Å². The van der Waals surface area contributed by atoms with Crippen LogP contribution in [-0.2, 0) is 5.88 Å². The Kier molecular flexibility index (Phi) is 6.52. The van der Waals surface area contributed by atoms with E-state index in [1.165, 1.54) is 0 Å². The van der Waals surface area contributed by atoms with Crippen molar-refractivity contribution in [2.75, 3.05) is 38.6 Å². The maximum absolute atomic E-state index is 6.01. The summed E-state index contributed by atoms with van der Waals surface area (Å²) in [6.45, 7) is 9.28. The zero-order chi connectivity index (χ0) is 14.4. The van der Waals surface area contributed by atoms with Gasteiger partial charge in [-0.1, -0.05) is 13.8 Å². The Labute approximate surface area is 121 Å². The van der Waals surface area contributed by atoms with E-state index in [0.717, 1.165) is 36.8 Å². The molecular weight excluding hydrogens is 260 g/mol. The normalized spacial score (nSPS) is 11.4. The summed E-state index contributed by atoms with van der Waals surface area (Å²) in [5.74, 6) is 2.81. The van der Waals surface area contributed by atoms with Crippen LogP contribution in [0.25, 0.3) is 0 Å². The van der Waals surface area contributed by atoms with Gasteiger partial charge in [0.1, 0.15) is 11.6 Å². The zero-order valence-corrected chi connectivity index (χ0v) is 13.4. The van der Waals surface area contributed by atoms with Crippen LogP contribution < -0.4 is 4.90 Å². The molecule has 108 valence electrons. The van der Waals surface area contributed by atoms with Crippen molar-refractivity contribution in [3.8, 4) is 0 Å². The van der Waals surface area contributed by atoms with Gasteiger partial charge in [0.05, 0.1) is 5.88 Å². The lowest BCUT2D eigenvalue weighted by molar-refractivity contribution is 0.408. The van der Waals surface area contributed by atoms with Crippen LogP contribution in [0.15, 0.2) is 6.20 Å². The summed E-state index contributed by atoms with van der Waals surface area (Å²) in [6.07, 6.45) is 1.84. The van der Waals surface area contributed by atoms with Gasteiger partial charge >= 0.3 is 0 Å². The first-order chi connectivity index (χ1) is 8.93. The first kappa shape index (κ1) is 16.2. The van der Waals surface area contributed by atoms with Gasteiger partial charge in [-0.05, 0) is 26.9 Å². The largest absolute Gasteiger partial charge is 0.355 e. The maximum atomic E-state index is 6.01. The molecule has 0 N–H and O–H groups in total. The van der Waals surface area contributed by atoms with Crippen molar-refractivity contribution in [3.63, 3.8) is 0 Å². The molecule has 1 aromatic rings. The van der Waals surface area contributed by atoms with Gasteiger partial charge in [-0.25, -0.2) is 9.97 Å². The fourth-order valence-electron chi connectivity index (χ4n) is 1.90. The molecule has 0 aromatic carbocycles. The highest BCUT2D eigenvalue weighted by atomic mass is 35.5. The minimum Gasteiger partial charge on any atom is -0.355 e. The molecule has 1 heterocycles. The molecule has 0 aliphatic carbocycles. The van der Waals surface area contributed by atoms with Gasteiger partial charge in [0, 0.05) is 31.4 Å². The van der Waals surface area contributed by atoms with Crippen LogP contribution >= 0.6 is 11.6 Å². The third-order valence-corrected chi connectivity index (χ3v) is 3.10. The Bertz CT molecular complexity index is 393. The minimum atomic E-state index is 0.451. The van der Waals surface area contributed by atoms with Crippen molar-refractivity contribution < 1.29 is 0 Å². The molecule has 0 saturated carbocycles. The molecule has 0 amide bonds. The number of nitrogens with zero attached hydrogens (tertiary/aromatic N) is 4. The summed E-state index contributed by atoms with van der Waals surface area (Å²) in [7, 11) is 4.17. The predicted molar refractivity (Wildman–Crippen MR) is 81.9 cm³/mol. The number of alkyl halides is 1. The number of anilines is 1. The molecule has 0 aliphatic rings. The van der Waals surface area contributed by atoms with E-state index in [1.54, 1.807) is 0 Å². The molecule has 5 heteroatoms. The average molecular weight is 285 g/mol. The van der Waals surface area contributed by atoms with E-state index in [0.29, 0.717) is 11.8 Å². The molecule has 4 nitrogen and oxygen atoms in total. The molecular formula is C14H25ClN4.